The maximum absolute atomic E-state index is 13.5. The van der Waals surface area contributed by atoms with E-state index in [0.29, 0.717) is 18.7 Å². The van der Waals surface area contributed by atoms with E-state index in [0.717, 1.165) is 38.8 Å². The van der Waals surface area contributed by atoms with E-state index in [1.54, 1.807) is 6.20 Å². The second-order valence-electron chi connectivity index (χ2n) is 7.64. The van der Waals surface area contributed by atoms with Crippen LogP contribution in [0.15, 0.2) is 48.8 Å². The maximum Gasteiger partial charge on any atom is 0.251 e. The summed E-state index contributed by atoms with van der Waals surface area (Å²) in [4.78, 5) is 27.8. The molecule has 2 N–H and O–H groups in total. The summed E-state index contributed by atoms with van der Waals surface area (Å²) in [7, 11) is 0. The van der Waals surface area contributed by atoms with Crippen molar-refractivity contribution in [1.82, 2.24) is 25.3 Å². The van der Waals surface area contributed by atoms with Gasteiger partial charge < -0.3 is 15.5 Å². The van der Waals surface area contributed by atoms with Gasteiger partial charge in [0.1, 0.15) is 5.54 Å². The van der Waals surface area contributed by atoms with E-state index in [2.05, 4.69) is 15.7 Å². The van der Waals surface area contributed by atoms with Crippen molar-refractivity contribution in [1.29, 1.82) is 0 Å². The highest BCUT2D eigenvalue weighted by molar-refractivity contribution is 5.94. The van der Waals surface area contributed by atoms with Gasteiger partial charge in [-0.05, 0) is 57.0 Å². The van der Waals surface area contributed by atoms with Crippen LogP contribution >= 0.6 is 0 Å². The molecule has 0 unspecified atom stereocenters. The molecule has 7 heteroatoms. The fraction of sp³-hybridized carbons (Fsp3) is 0.476. The molecule has 3 heterocycles. The summed E-state index contributed by atoms with van der Waals surface area (Å²) < 4.78 is 1.85. The highest BCUT2D eigenvalue weighted by Crippen LogP contribution is 2.30. The summed E-state index contributed by atoms with van der Waals surface area (Å²) in [6.45, 7) is 2.95. The number of carbonyl (C=O) groups excluding carboxylic acids is 2. The van der Waals surface area contributed by atoms with Crippen molar-refractivity contribution >= 4 is 11.8 Å². The van der Waals surface area contributed by atoms with Crippen LogP contribution in [0.1, 0.15) is 36.0 Å². The van der Waals surface area contributed by atoms with Gasteiger partial charge in [0, 0.05) is 37.1 Å². The van der Waals surface area contributed by atoms with Crippen molar-refractivity contribution < 1.29 is 9.59 Å². The lowest BCUT2D eigenvalue weighted by molar-refractivity contribution is -0.144. The second kappa shape index (κ2) is 8.14. The van der Waals surface area contributed by atoms with E-state index in [-0.39, 0.29) is 17.9 Å². The first-order valence-electron chi connectivity index (χ1n) is 10.1. The summed E-state index contributed by atoms with van der Waals surface area (Å²) in [6, 6.07) is 11.2. The lowest BCUT2D eigenvalue weighted by Gasteiger charge is -2.42. The van der Waals surface area contributed by atoms with Crippen LogP contribution in [0.25, 0.3) is 0 Å². The Labute approximate surface area is 165 Å². The molecule has 0 aliphatic carbocycles. The van der Waals surface area contributed by atoms with Crippen molar-refractivity contribution in [3.8, 4) is 0 Å². The molecule has 7 nitrogen and oxygen atoms in total. The molecule has 1 aromatic heterocycles. The third kappa shape index (κ3) is 3.67. The summed E-state index contributed by atoms with van der Waals surface area (Å²) >= 11 is 0. The van der Waals surface area contributed by atoms with E-state index in [1.165, 1.54) is 0 Å². The van der Waals surface area contributed by atoms with Crippen molar-refractivity contribution in [2.24, 2.45) is 0 Å². The molecule has 0 radical (unpaired) electrons. The fourth-order valence-corrected chi connectivity index (χ4v) is 4.28. The first-order chi connectivity index (χ1) is 13.7. The number of likely N-dealkylation sites (tertiary alicyclic amines) is 1. The van der Waals surface area contributed by atoms with Crippen LogP contribution in [0.5, 0.6) is 0 Å². The molecule has 2 saturated heterocycles. The molecule has 2 aromatic rings. The van der Waals surface area contributed by atoms with E-state index in [9.17, 15) is 9.59 Å². The molecule has 0 atom stereocenters. The number of aromatic nitrogens is 2. The Kier molecular flexibility index (Phi) is 5.43. The molecule has 4 rings (SSSR count). The van der Waals surface area contributed by atoms with E-state index in [4.69, 9.17) is 0 Å². The third-order valence-corrected chi connectivity index (χ3v) is 5.93. The lowest BCUT2D eigenvalue weighted by Crippen LogP contribution is -2.58. The first-order valence-corrected chi connectivity index (χ1v) is 10.1. The molecule has 2 amide bonds. The predicted molar refractivity (Wildman–Crippen MR) is 106 cm³/mol. The Hall–Kier alpha value is -2.67. The standard InChI is InChI=1S/C21H27N5O2/c27-19(17-5-2-1-3-6-17)24-18-7-15-25(16-8-18)20(28)21(9-12-22-13-10-21)26-14-4-11-23-26/h1-6,11,14,18,22H,7-10,12-13,15-16H2,(H,24,27). The van der Waals surface area contributed by atoms with Crippen molar-refractivity contribution in [2.45, 2.75) is 37.3 Å². The van der Waals surface area contributed by atoms with Gasteiger partial charge in [0.15, 0.2) is 0 Å². The minimum atomic E-state index is -0.588. The van der Waals surface area contributed by atoms with Crippen molar-refractivity contribution in [3.05, 3.63) is 54.4 Å². The van der Waals surface area contributed by atoms with Crippen LogP contribution in [-0.4, -0.2) is 58.7 Å². The first kappa shape index (κ1) is 18.7. The molecule has 0 saturated carbocycles. The Bertz CT molecular complexity index is 791. The molecule has 0 bridgehead atoms. The van der Waals surface area contributed by atoms with Crippen LogP contribution in [0.2, 0.25) is 0 Å². The third-order valence-electron chi connectivity index (χ3n) is 5.93. The smallest absolute Gasteiger partial charge is 0.251 e. The fourth-order valence-electron chi connectivity index (χ4n) is 4.28. The van der Waals surface area contributed by atoms with Crippen molar-refractivity contribution in [2.75, 3.05) is 26.2 Å². The number of nitrogens with zero attached hydrogens (tertiary/aromatic N) is 3. The highest BCUT2D eigenvalue weighted by atomic mass is 16.2. The Balaban J connectivity index is 1.39. The Morgan fingerprint density at radius 1 is 1.07 bits per heavy atom. The maximum atomic E-state index is 13.5. The van der Waals surface area contributed by atoms with Crippen LogP contribution in [0.4, 0.5) is 0 Å². The van der Waals surface area contributed by atoms with Gasteiger partial charge in [-0.1, -0.05) is 18.2 Å². The molecular formula is C21H27N5O2. The zero-order valence-corrected chi connectivity index (χ0v) is 16.0. The molecular weight excluding hydrogens is 354 g/mol. The molecule has 2 fully saturated rings. The average Bonchev–Trinajstić information content (AvgIpc) is 3.30. The number of piperidine rings is 2. The molecule has 2 aliphatic rings. The van der Waals surface area contributed by atoms with Gasteiger partial charge in [0.25, 0.3) is 11.8 Å². The van der Waals surface area contributed by atoms with Gasteiger partial charge >= 0.3 is 0 Å². The minimum Gasteiger partial charge on any atom is -0.349 e. The second-order valence-corrected chi connectivity index (χ2v) is 7.64. The molecule has 0 spiro atoms. The van der Waals surface area contributed by atoms with E-state index >= 15 is 0 Å². The molecule has 1 aromatic carbocycles. The van der Waals surface area contributed by atoms with E-state index < -0.39 is 5.54 Å². The van der Waals surface area contributed by atoms with Gasteiger partial charge in [-0.3, -0.25) is 14.3 Å². The zero-order chi connectivity index (χ0) is 19.4. The van der Waals surface area contributed by atoms with Gasteiger partial charge in [0.2, 0.25) is 0 Å². The minimum absolute atomic E-state index is 0.0447. The number of hydrogen-bond donors (Lipinski definition) is 2. The van der Waals surface area contributed by atoms with Crippen LogP contribution in [-0.2, 0) is 10.3 Å². The van der Waals surface area contributed by atoms with Gasteiger partial charge in [-0.2, -0.15) is 5.10 Å². The number of nitrogens with one attached hydrogen (secondary N) is 2. The summed E-state index contributed by atoms with van der Waals surface area (Å²) in [6.07, 6.45) is 6.68. The summed E-state index contributed by atoms with van der Waals surface area (Å²) in [5.74, 6) is 0.113. The molecule has 148 valence electrons. The highest BCUT2D eigenvalue weighted by Gasteiger charge is 2.45. The number of amides is 2. The monoisotopic (exact) mass is 381 g/mol. The lowest BCUT2D eigenvalue weighted by atomic mass is 9.86. The van der Waals surface area contributed by atoms with Gasteiger partial charge in [-0.15, -0.1) is 0 Å². The quantitative estimate of drug-likeness (QED) is 0.839. The normalized spacial score (nSPS) is 19.9. The van der Waals surface area contributed by atoms with Gasteiger partial charge in [-0.25, -0.2) is 0 Å². The Morgan fingerprint density at radius 3 is 2.43 bits per heavy atom. The average molecular weight is 381 g/mol. The van der Waals surface area contributed by atoms with Crippen molar-refractivity contribution in [3.63, 3.8) is 0 Å². The zero-order valence-electron chi connectivity index (χ0n) is 16.0. The molecule has 28 heavy (non-hydrogen) atoms. The predicted octanol–water partition coefficient (Wildman–Crippen LogP) is 1.38. The van der Waals surface area contributed by atoms with Crippen LogP contribution in [0.3, 0.4) is 0 Å². The Morgan fingerprint density at radius 2 is 1.79 bits per heavy atom. The summed E-state index contributed by atoms with van der Waals surface area (Å²) in [5.41, 5.74) is 0.0860. The van der Waals surface area contributed by atoms with E-state index in [1.807, 2.05) is 52.2 Å². The van der Waals surface area contributed by atoms with Crippen LogP contribution < -0.4 is 10.6 Å². The topological polar surface area (TPSA) is 79.3 Å². The summed E-state index contributed by atoms with van der Waals surface area (Å²) in [5, 5.41) is 10.9. The largest absolute Gasteiger partial charge is 0.349 e. The number of benzene rings is 1. The number of rotatable bonds is 4. The van der Waals surface area contributed by atoms with Crippen LogP contribution in [0, 0.1) is 0 Å². The molecule has 2 aliphatic heterocycles. The SMILES string of the molecule is O=C(NC1CCN(C(=O)C2(n3cccn3)CCNCC2)CC1)c1ccccc1. The number of hydrogen-bond acceptors (Lipinski definition) is 4. The van der Waals surface area contributed by atoms with Gasteiger partial charge in [0.05, 0.1) is 0 Å². The number of carbonyl (C=O) groups is 2.